The first kappa shape index (κ1) is 17.4. The number of nitrogens with one attached hydrogen (secondary N) is 1. The van der Waals surface area contributed by atoms with Crippen molar-refractivity contribution in [3.63, 3.8) is 0 Å². The van der Waals surface area contributed by atoms with Crippen LogP contribution in [0.15, 0.2) is 28.9 Å². The molecule has 22 heavy (non-hydrogen) atoms. The first-order chi connectivity index (χ1) is 10.0. The Kier molecular flexibility index (Phi) is 5.06. The minimum atomic E-state index is -5.19. The zero-order valence-corrected chi connectivity index (χ0v) is 10.2. The summed E-state index contributed by atoms with van der Waals surface area (Å²) in [7, 11) is 0. The highest BCUT2D eigenvalue weighted by Gasteiger charge is 2.38. The molecule has 2 rings (SSSR count). The number of alkyl halides is 6. The van der Waals surface area contributed by atoms with Gasteiger partial charge >= 0.3 is 18.2 Å². The average Bonchev–Trinajstić information content (AvgIpc) is 2.89. The number of hydrogen-bond donors (Lipinski definition) is 0. The molecule has 0 unspecified atom stereocenters. The number of carboxylic acid groups (broad SMARTS) is 1. The first-order valence-corrected chi connectivity index (χ1v) is 5.17. The molecule has 0 radical (unpaired) electrons. The van der Waals surface area contributed by atoms with Gasteiger partial charge in [0, 0.05) is 12.1 Å². The number of carboxylic acids is 1. The van der Waals surface area contributed by atoms with E-state index in [0.29, 0.717) is 5.56 Å². The van der Waals surface area contributed by atoms with Gasteiger partial charge in [-0.05, 0) is 0 Å². The number of hydrogen-bond acceptors (Lipinski definition) is 5. The molecule has 0 aliphatic rings. The summed E-state index contributed by atoms with van der Waals surface area (Å²) in [6, 6.07) is 3.07. The van der Waals surface area contributed by atoms with E-state index in [1.54, 1.807) is 12.4 Å². The Morgan fingerprint density at radius 2 is 1.59 bits per heavy atom. The topological polar surface area (TPSA) is 93.2 Å². The number of aromatic amines is 1. The van der Waals surface area contributed by atoms with Crippen molar-refractivity contribution in [3.05, 3.63) is 30.4 Å². The van der Waals surface area contributed by atoms with Crippen LogP contribution in [0.1, 0.15) is 5.89 Å². The highest BCUT2D eigenvalue weighted by atomic mass is 19.4. The van der Waals surface area contributed by atoms with Crippen LogP contribution in [0.5, 0.6) is 0 Å². The average molecular weight is 329 g/mol. The number of pyridine rings is 1. The zero-order chi connectivity index (χ0) is 17.0. The minimum Gasteiger partial charge on any atom is -0.542 e. The van der Waals surface area contributed by atoms with Gasteiger partial charge in [-0.2, -0.15) is 26.3 Å². The summed E-state index contributed by atoms with van der Waals surface area (Å²) in [4.78, 5) is 11.5. The molecule has 0 bridgehead atoms. The monoisotopic (exact) mass is 329 g/mol. The summed E-state index contributed by atoms with van der Waals surface area (Å²) in [6.07, 6.45) is -6.70. The van der Waals surface area contributed by atoms with E-state index in [2.05, 4.69) is 19.6 Å². The second-order valence-corrected chi connectivity index (χ2v) is 3.48. The predicted molar refractivity (Wildman–Crippen MR) is 52.4 cm³/mol. The number of halogens is 6. The van der Waals surface area contributed by atoms with Crippen LogP contribution in [-0.4, -0.2) is 22.3 Å². The number of H-pyrrole nitrogens is 1. The van der Waals surface area contributed by atoms with E-state index in [0.717, 1.165) is 0 Å². The highest BCUT2D eigenvalue weighted by Crippen LogP contribution is 2.29. The van der Waals surface area contributed by atoms with Gasteiger partial charge in [-0.3, -0.25) is 0 Å². The Hall–Kier alpha value is -2.66. The van der Waals surface area contributed by atoms with E-state index in [1.165, 1.54) is 12.1 Å². The number of carbonyl (C=O) groups is 1. The smallest absolute Gasteiger partial charge is 0.470 e. The van der Waals surface area contributed by atoms with Crippen molar-refractivity contribution in [2.45, 2.75) is 12.4 Å². The van der Waals surface area contributed by atoms with Gasteiger partial charge < -0.3 is 14.3 Å². The largest absolute Gasteiger partial charge is 0.542 e. The molecule has 2 heterocycles. The summed E-state index contributed by atoms with van der Waals surface area (Å²) in [5.41, 5.74) is 0.428. The van der Waals surface area contributed by atoms with Crippen LogP contribution < -0.4 is 10.1 Å². The van der Waals surface area contributed by atoms with Gasteiger partial charge in [-0.25, -0.2) is 4.98 Å². The number of carbonyl (C=O) groups excluding carboxylic acids is 1. The van der Waals surface area contributed by atoms with E-state index >= 15 is 0 Å². The lowest BCUT2D eigenvalue weighted by Crippen LogP contribution is -2.37. The number of rotatable bonds is 1. The third-order valence-corrected chi connectivity index (χ3v) is 1.86. The number of aliphatic carboxylic acids is 1. The molecule has 2 aromatic rings. The highest BCUT2D eigenvalue weighted by molar-refractivity contribution is 5.70. The standard InChI is InChI=1S/C8H4F3N3O.C2HF3O2/c9-8(10,11)7-14-13-6(15-7)5-1-3-12-4-2-5;3-2(4,5)1(6)7/h1-4H;(H,6,7). The van der Waals surface area contributed by atoms with Crippen molar-refractivity contribution < 1.29 is 45.6 Å². The third-order valence-electron chi connectivity index (χ3n) is 1.86. The number of aromatic nitrogens is 3. The molecule has 0 fully saturated rings. The van der Waals surface area contributed by atoms with Gasteiger partial charge in [0.2, 0.25) is 5.89 Å². The fourth-order valence-electron chi connectivity index (χ4n) is 0.984. The fourth-order valence-corrected chi connectivity index (χ4v) is 0.984. The maximum absolute atomic E-state index is 12.1. The van der Waals surface area contributed by atoms with E-state index < -0.39 is 24.2 Å². The van der Waals surface area contributed by atoms with E-state index in [1.807, 2.05) is 0 Å². The Bertz CT molecular complexity index is 623. The molecule has 0 saturated carbocycles. The van der Waals surface area contributed by atoms with E-state index in [-0.39, 0.29) is 5.89 Å². The minimum absolute atomic E-state index is 0.156. The molecule has 12 heteroatoms. The second kappa shape index (κ2) is 6.41. The molecule has 120 valence electrons. The van der Waals surface area contributed by atoms with Gasteiger partial charge in [-0.15, -0.1) is 10.2 Å². The van der Waals surface area contributed by atoms with Crippen molar-refractivity contribution >= 4 is 5.97 Å². The zero-order valence-electron chi connectivity index (χ0n) is 10.2. The van der Waals surface area contributed by atoms with Crippen molar-refractivity contribution in [2.24, 2.45) is 0 Å². The van der Waals surface area contributed by atoms with Crippen molar-refractivity contribution in [1.82, 2.24) is 10.2 Å². The molecule has 2 aromatic heterocycles. The van der Waals surface area contributed by atoms with Crippen molar-refractivity contribution in [3.8, 4) is 11.5 Å². The van der Waals surface area contributed by atoms with Crippen LogP contribution in [0.25, 0.3) is 11.5 Å². The molecule has 0 spiro atoms. The van der Waals surface area contributed by atoms with Crippen LogP contribution in [-0.2, 0) is 11.0 Å². The second-order valence-electron chi connectivity index (χ2n) is 3.48. The molecular weight excluding hydrogens is 324 g/mol. The van der Waals surface area contributed by atoms with Crippen LogP contribution in [0.2, 0.25) is 0 Å². The molecular formula is C10H5F6N3O3. The van der Waals surface area contributed by atoms with Gasteiger partial charge in [0.15, 0.2) is 12.4 Å². The maximum Gasteiger partial charge on any atom is 0.470 e. The van der Waals surface area contributed by atoms with Crippen LogP contribution in [0.3, 0.4) is 0 Å². The lowest BCUT2D eigenvalue weighted by molar-refractivity contribution is -0.377. The van der Waals surface area contributed by atoms with E-state index in [9.17, 15) is 26.3 Å². The summed E-state index contributed by atoms with van der Waals surface area (Å²) in [6.45, 7) is 0. The van der Waals surface area contributed by atoms with Crippen molar-refractivity contribution in [1.29, 1.82) is 0 Å². The Labute approximate surface area is 117 Å². The third kappa shape index (κ3) is 5.03. The summed E-state index contributed by atoms with van der Waals surface area (Å²) >= 11 is 0. The fraction of sp³-hybridized carbons (Fsp3) is 0.200. The molecule has 6 nitrogen and oxygen atoms in total. The van der Waals surface area contributed by atoms with Crippen molar-refractivity contribution in [2.75, 3.05) is 0 Å². The number of nitrogens with zero attached hydrogens (tertiary/aromatic N) is 2. The van der Waals surface area contributed by atoms with Crippen LogP contribution in [0.4, 0.5) is 26.3 Å². The lowest BCUT2D eigenvalue weighted by atomic mass is 10.3. The molecule has 0 atom stereocenters. The molecule has 0 aromatic carbocycles. The van der Waals surface area contributed by atoms with Crippen LogP contribution >= 0.6 is 0 Å². The summed E-state index contributed by atoms with van der Waals surface area (Å²) in [5.74, 6) is -4.51. The lowest BCUT2D eigenvalue weighted by Gasteiger charge is -2.03. The Balaban J connectivity index is 0.000000295. The predicted octanol–water partition coefficient (Wildman–Crippen LogP) is 0.868. The first-order valence-electron chi connectivity index (χ1n) is 5.17. The normalized spacial score (nSPS) is 11.5. The summed E-state index contributed by atoms with van der Waals surface area (Å²) < 4.78 is 72.4. The molecule has 0 aliphatic carbocycles. The van der Waals surface area contributed by atoms with Gasteiger partial charge in [-0.1, -0.05) is 0 Å². The summed E-state index contributed by atoms with van der Waals surface area (Å²) in [5, 5.41) is 15.0. The van der Waals surface area contributed by atoms with Crippen LogP contribution in [0, 0.1) is 0 Å². The molecule has 0 saturated heterocycles. The van der Waals surface area contributed by atoms with Gasteiger partial charge in [0.05, 0.1) is 5.56 Å². The Morgan fingerprint density at radius 1 is 1.09 bits per heavy atom. The molecule has 0 aliphatic heterocycles. The van der Waals surface area contributed by atoms with Gasteiger partial charge in [0.1, 0.15) is 5.97 Å². The maximum atomic E-state index is 12.1. The molecule has 0 amide bonds. The molecule has 1 N–H and O–H groups in total. The Morgan fingerprint density at radius 3 is 1.95 bits per heavy atom. The SMILES string of the molecule is FC(F)(F)c1nnc(-c2cc[nH+]cc2)o1.O=C([O-])C(F)(F)F. The van der Waals surface area contributed by atoms with Gasteiger partial charge in [0.25, 0.3) is 0 Å². The van der Waals surface area contributed by atoms with E-state index in [4.69, 9.17) is 9.90 Å². The quantitative estimate of drug-likeness (QED) is 0.724.